The zero-order valence-electron chi connectivity index (χ0n) is 12.2. The van der Waals surface area contributed by atoms with Gasteiger partial charge in [0.25, 0.3) is 0 Å². The SMILES string of the molecule is CCc1nnc(SCCCSc2nnc(CC)n2N)n1N. The lowest BCUT2D eigenvalue weighted by Crippen LogP contribution is -2.13. The van der Waals surface area contributed by atoms with Gasteiger partial charge in [-0.1, -0.05) is 37.4 Å². The molecule has 0 aliphatic heterocycles. The molecule has 0 spiro atoms. The van der Waals surface area contributed by atoms with Crippen molar-refractivity contribution in [1.82, 2.24) is 29.7 Å². The third kappa shape index (κ3) is 3.82. The van der Waals surface area contributed by atoms with Crippen LogP contribution in [0.5, 0.6) is 0 Å². The molecular weight excluding hydrogens is 308 g/mol. The van der Waals surface area contributed by atoms with E-state index in [4.69, 9.17) is 11.7 Å². The van der Waals surface area contributed by atoms with E-state index in [1.54, 1.807) is 32.9 Å². The molecule has 0 unspecified atom stereocenters. The molecule has 0 bridgehead atoms. The largest absolute Gasteiger partial charge is 0.336 e. The Morgan fingerprint density at radius 1 is 0.810 bits per heavy atom. The Hall–Kier alpha value is -1.42. The van der Waals surface area contributed by atoms with Gasteiger partial charge in [-0.25, -0.2) is 9.35 Å². The van der Waals surface area contributed by atoms with Gasteiger partial charge >= 0.3 is 0 Å². The second-order valence-corrected chi connectivity index (χ2v) is 6.42. The van der Waals surface area contributed by atoms with E-state index in [0.717, 1.165) is 52.7 Å². The molecular formula is C11H20N8S2. The van der Waals surface area contributed by atoms with Crippen molar-refractivity contribution in [3.05, 3.63) is 11.6 Å². The normalized spacial score (nSPS) is 11.1. The fraction of sp³-hybridized carbons (Fsp3) is 0.636. The molecule has 0 saturated heterocycles. The van der Waals surface area contributed by atoms with Gasteiger partial charge in [0.2, 0.25) is 10.3 Å². The summed E-state index contributed by atoms with van der Waals surface area (Å²) in [7, 11) is 0. The molecule has 2 heterocycles. The lowest BCUT2D eigenvalue weighted by molar-refractivity contribution is 0.794. The van der Waals surface area contributed by atoms with E-state index in [0.29, 0.717) is 0 Å². The van der Waals surface area contributed by atoms with Gasteiger partial charge in [-0.3, -0.25) is 0 Å². The minimum absolute atomic E-state index is 0.757. The van der Waals surface area contributed by atoms with Crippen molar-refractivity contribution in [2.24, 2.45) is 0 Å². The summed E-state index contributed by atoms with van der Waals surface area (Å²) in [5.74, 6) is 15.2. The number of nitrogen functional groups attached to an aromatic ring is 2. The maximum atomic E-state index is 5.89. The molecule has 2 rings (SSSR count). The fourth-order valence-corrected chi connectivity index (χ4v) is 3.49. The molecule has 10 heteroatoms. The van der Waals surface area contributed by atoms with E-state index < -0.39 is 0 Å². The molecule has 0 fully saturated rings. The Balaban J connectivity index is 1.72. The Morgan fingerprint density at radius 2 is 1.24 bits per heavy atom. The number of aryl methyl sites for hydroxylation is 2. The van der Waals surface area contributed by atoms with Crippen LogP contribution in [-0.4, -0.2) is 41.3 Å². The van der Waals surface area contributed by atoms with Gasteiger partial charge in [0.15, 0.2) is 11.6 Å². The van der Waals surface area contributed by atoms with Crippen LogP contribution >= 0.6 is 23.5 Å². The van der Waals surface area contributed by atoms with Gasteiger partial charge < -0.3 is 11.7 Å². The van der Waals surface area contributed by atoms with Crippen molar-refractivity contribution in [1.29, 1.82) is 0 Å². The van der Waals surface area contributed by atoms with E-state index >= 15 is 0 Å². The molecule has 8 nitrogen and oxygen atoms in total. The first kappa shape index (κ1) is 16.0. The summed E-state index contributed by atoms with van der Waals surface area (Å²) in [5, 5.41) is 17.7. The molecule has 4 N–H and O–H groups in total. The molecule has 0 amide bonds. The van der Waals surface area contributed by atoms with Crippen molar-refractivity contribution in [2.45, 2.75) is 43.4 Å². The standard InChI is InChI=1S/C11H20N8S2/c1-3-8-14-16-10(18(8)12)20-6-5-7-21-11-17-15-9(4-2)19(11)13/h3-7,12-13H2,1-2H3. The average molecular weight is 328 g/mol. The second-order valence-electron chi connectivity index (χ2n) is 4.30. The smallest absolute Gasteiger partial charge is 0.209 e. The summed E-state index contributed by atoms with van der Waals surface area (Å²) in [6, 6.07) is 0. The molecule has 2 aromatic rings. The van der Waals surface area contributed by atoms with E-state index in [-0.39, 0.29) is 0 Å². The van der Waals surface area contributed by atoms with E-state index in [2.05, 4.69) is 20.4 Å². The van der Waals surface area contributed by atoms with Crippen molar-refractivity contribution < 1.29 is 0 Å². The topological polar surface area (TPSA) is 113 Å². The highest BCUT2D eigenvalue weighted by molar-refractivity contribution is 8.00. The highest BCUT2D eigenvalue weighted by Crippen LogP contribution is 2.20. The van der Waals surface area contributed by atoms with Gasteiger partial charge in [-0.15, -0.1) is 20.4 Å². The lowest BCUT2D eigenvalue weighted by atomic mass is 10.5. The Labute approximate surface area is 132 Å². The van der Waals surface area contributed by atoms with Crippen LogP contribution in [0, 0.1) is 0 Å². The monoisotopic (exact) mass is 328 g/mol. The van der Waals surface area contributed by atoms with E-state index in [9.17, 15) is 0 Å². The molecule has 2 aromatic heterocycles. The first-order chi connectivity index (χ1) is 10.2. The van der Waals surface area contributed by atoms with Crippen molar-refractivity contribution in [3.8, 4) is 0 Å². The van der Waals surface area contributed by atoms with Crippen molar-refractivity contribution in [3.63, 3.8) is 0 Å². The van der Waals surface area contributed by atoms with Crippen molar-refractivity contribution in [2.75, 3.05) is 23.2 Å². The molecule has 0 radical (unpaired) electrons. The minimum Gasteiger partial charge on any atom is -0.336 e. The third-order valence-corrected chi connectivity index (χ3v) is 4.91. The number of rotatable bonds is 8. The molecule has 116 valence electrons. The Bertz CT molecular complexity index is 529. The highest BCUT2D eigenvalue weighted by Gasteiger charge is 2.10. The van der Waals surface area contributed by atoms with Crippen LogP contribution in [0.1, 0.15) is 31.9 Å². The number of aromatic nitrogens is 6. The first-order valence-corrected chi connectivity index (χ1v) is 8.78. The Kier molecular flexibility index (Phi) is 5.74. The summed E-state index contributed by atoms with van der Waals surface area (Å²) < 4.78 is 3.11. The van der Waals surface area contributed by atoms with Crippen LogP contribution < -0.4 is 11.7 Å². The zero-order valence-corrected chi connectivity index (χ0v) is 13.8. The van der Waals surface area contributed by atoms with Gasteiger partial charge in [-0.05, 0) is 6.42 Å². The number of thioether (sulfide) groups is 2. The van der Waals surface area contributed by atoms with Crippen LogP contribution in [0.2, 0.25) is 0 Å². The average Bonchev–Trinajstić information content (AvgIpc) is 3.02. The van der Waals surface area contributed by atoms with Gasteiger partial charge in [0, 0.05) is 24.3 Å². The van der Waals surface area contributed by atoms with Gasteiger partial charge in [0.1, 0.15) is 0 Å². The number of nitrogens with zero attached hydrogens (tertiary/aromatic N) is 6. The number of nitrogens with two attached hydrogens (primary N) is 2. The summed E-state index contributed by atoms with van der Waals surface area (Å²) in [5.41, 5.74) is 0. The maximum Gasteiger partial charge on any atom is 0.209 e. The second kappa shape index (κ2) is 7.55. The summed E-state index contributed by atoms with van der Waals surface area (Å²) in [6.45, 7) is 4.01. The van der Waals surface area contributed by atoms with E-state index in [1.807, 2.05) is 13.8 Å². The molecule has 21 heavy (non-hydrogen) atoms. The molecule has 0 aliphatic carbocycles. The molecule has 0 aromatic carbocycles. The quantitative estimate of drug-likeness (QED) is 0.413. The maximum absolute atomic E-state index is 5.89. The summed E-state index contributed by atoms with van der Waals surface area (Å²) in [4.78, 5) is 0. The molecule has 0 aliphatic rings. The summed E-state index contributed by atoms with van der Waals surface area (Å²) >= 11 is 3.22. The molecule has 0 saturated carbocycles. The van der Waals surface area contributed by atoms with Crippen LogP contribution in [0.4, 0.5) is 0 Å². The van der Waals surface area contributed by atoms with E-state index in [1.165, 1.54) is 0 Å². The van der Waals surface area contributed by atoms with Crippen LogP contribution in [-0.2, 0) is 12.8 Å². The van der Waals surface area contributed by atoms with Crippen LogP contribution in [0.15, 0.2) is 10.3 Å². The van der Waals surface area contributed by atoms with Crippen LogP contribution in [0.25, 0.3) is 0 Å². The van der Waals surface area contributed by atoms with Gasteiger partial charge in [0.05, 0.1) is 0 Å². The minimum atomic E-state index is 0.757. The number of hydrogen-bond donors (Lipinski definition) is 2. The highest BCUT2D eigenvalue weighted by atomic mass is 32.2. The Morgan fingerprint density at radius 3 is 1.57 bits per heavy atom. The zero-order chi connectivity index (χ0) is 15.2. The summed E-state index contributed by atoms with van der Waals surface area (Å²) in [6.07, 6.45) is 2.57. The lowest BCUT2D eigenvalue weighted by Gasteiger charge is -2.03. The predicted molar refractivity (Wildman–Crippen MR) is 85.2 cm³/mol. The fourth-order valence-electron chi connectivity index (χ4n) is 1.68. The van der Waals surface area contributed by atoms with Gasteiger partial charge in [-0.2, -0.15) is 0 Å². The predicted octanol–water partition coefficient (Wildman–Crippen LogP) is 0.696. The first-order valence-electron chi connectivity index (χ1n) is 6.81. The third-order valence-electron chi connectivity index (χ3n) is 2.85. The molecule has 0 atom stereocenters. The van der Waals surface area contributed by atoms with Crippen molar-refractivity contribution >= 4 is 23.5 Å². The van der Waals surface area contributed by atoms with Crippen LogP contribution in [0.3, 0.4) is 0 Å². The number of hydrogen-bond acceptors (Lipinski definition) is 8.